The van der Waals surface area contributed by atoms with Gasteiger partial charge in [-0.3, -0.25) is 14.6 Å². The number of thioether (sulfide) groups is 1. The Morgan fingerprint density at radius 3 is 2.83 bits per heavy atom. The first-order chi connectivity index (χ1) is 11.6. The number of benzene rings is 1. The molecule has 1 aromatic carbocycles. The van der Waals surface area contributed by atoms with Gasteiger partial charge in [0.2, 0.25) is 0 Å². The zero-order chi connectivity index (χ0) is 16.9. The molecule has 7 heteroatoms. The maximum atomic E-state index is 11.7. The molecule has 0 bridgehead atoms. The second-order valence-electron chi connectivity index (χ2n) is 5.08. The van der Waals surface area contributed by atoms with E-state index in [1.165, 1.54) is 24.9 Å². The smallest absolute Gasteiger partial charge is 0.311 e. The number of carbonyl (C=O) groups is 1. The Hall–Kier alpha value is -2.67. The lowest BCUT2D eigenvalue weighted by molar-refractivity contribution is -0.139. The number of nitrogens with one attached hydrogen (secondary N) is 1. The molecule has 24 heavy (non-hydrogen) atoms. The second-order valence-corrected chi connectivity index (χ2v) is 6.04. The van der Waals surface area contributed by atoms with Crippen LogP contribution in [-0.4, -0.2) is 28.0 Å². The number of hydrogen-bond donors (Lipinski definition) is 1. The second kappa shape index (κ2) is 7.27. The largest absolute Gasteiger partial charge is 0.469 e. The molecule has 0 unspecified atom stereocenters. The quantitative estimate of drug-likeness (QED) is 0.435. The van der Waals surface area contributed by atoms with Crippen molar-refractivity contribution in [3.05, 3.63) is 64.2 Å². The van der Waals surface area contributed by atoms with Crippen molar-refractivity contribution in [1.82, 2.24) is 15.0 Å². The van der Waals surface area contributed by atoms with Crippen LogP contribution < -0.4 is 5.56 Å². The highest BCUT2D eigenvalue weighted by molar-refractivity contribution is 7.98. The zero-order valence-corrected chi connectivity index (χ0v) is 13.8. The first kappa shape index (κ1) is 16.2. The van der Waals surface area contributed by atoms with Gasteiger partial charge in [0, 0.05) is 17.2 Å². The lowest BCUT2D eigenvalue weighted by Crippen LogP contribution is -2.13. The number of methoxy groups -OCH3 is 1. The Bertz CT molecular complexity index is 940. The van der Waals surface area contributed by atoms with Crippen LogP contribution in [0.3, 0.4) is 0 Å². The van der Waals surface area contributed by atoms with Crippen LogP contribution in [0, 0.1) is 0 Å². The van der Waals surface area contributed by atoms with E-state index in [-0.39, 0.29) is 12.0 Å². The molecule has 122 valence electrons. The number of fused-ring (bicyclic) bond motifs is 1. The molecule has 6 nitrogen and oxygen atoms in total. The highest BCUT2D eigenvalue weighted by atomic mass is 32.2. The number of ether oxygens (including phenoxy) is 1. The number of nitrogens with zero attached hydrogens (tertiary/aromatic N) is 2. The van der Waals surface area contributed by atoms with Crippen LogP contribution in [0.15, 0.2) is 52.4 Å². The first-order valence-corrected chi connectivity index (χ1v) is 8.27. The van der Waals surface area contributed by atoms with Gasteiger partial charge >= 0.3 is 5.97 Å². The molecule has 0 aliphatic rings. The number of rotatable bonds is 5. The minimum atomic E-state index is -0.430. The summed E-state index contributed by atoms with van der Waals surface area (Å²) in [5.41, 5.74) is 1.91. The minimum absolute atomic E-state index is 0.0256. The third-order valence-electron chi connectivity index (χ3n) is 3.34. The maximum Gasteiger partial charge on any atom is 0.311 e. The van der Waals surface area contributed by atoms with E-state index in [4.69, 9.17) is 0 Å². The van der Waals surface area contributed by atoms with Gasteiger partial charge in [-0.15, -0.1) is 0 Å². The number of esters is 1. The number of carbonyl (C=O) groups excluding carboxylic acids is 1. The molecule has 0 atom stereocenters. The Balaban J connectivity index is 1.75. The summed E-state index contributed by atoms with van der Waals surface area (Å²) in [4.78, 5) is 34.5. The summed E-state index contributed by atoms with van der Waals surface area (Å²) < 4.78 is 4.60. The standard InChI is InChI=1S/C17H15N3O3S/c1-23-16(22)9-13-8-15(21)20-17(19-13)24-10-12-7-6-11-4-2-3-5-14(11)18-12/h2-8H,9-10H2,1H3,(H,19,20,21). The van der Waals surface area contributed by atoms with Crippen molar-refractivity contribution in [2.24, 2.45) is 0 Å². The number of aromatic nitrogens is 3. The first-order valence-electron chi connectivity index (χ1n) is 7.28. The van der Waals surface area contributed by atoms with Crippen molar-refractivity contribution in [2.45, 2.75) is 17.3 Å². The van der Waals surface area contributed by atoms with Crippen LogP contribution in [0.5, 0.6) is 0 Å². The lowest BCUT2D eigenvalue weighted by atomic mass is 10.2. The summed E-state index contributed by atoms with van der Waals surface area (Å²) in [6, 6.07) is 13.2. The predicted octanol–water partition coefficient (Wildman–Crippen LogP) is 2.33. The van der Waals surface area contributed by atoms with Crippen molar-refractivity contribution < 1.29 is 9.53 Å². The molecule has 3 rings (SSSR count). The fraction of sp³-hybridized carbons (Fsp3) is 0.176. The molecule has 0 saturated carbocycles. The van der Waals surface area contributed by atoms with Crippen molar-refractivity contribution in [3.8, 4) is 0 Å². The highest BCUT2D eigenvalue weighted by Gasteiger charge is 2.08. The van der Waals surface area contributed by atoms with Crippen LogP contribution in [0.1, 0.15) is 11.4 Å². The average Bonchev–Trinajstić information content (AvgIpc) is 2.59. The Morgan fingerprint density at radius 2 is 2.00 bits per heavy atom. The van der Waals surface area contributed by atoms with E-state index in [2.05, 4.69) is 19.7 Å². The summed E-state index contributed by atoms with van der Waals surface area (Å²) in [5, 5.41) is 1.54. The fourth-order valence-electron chi connectivity index (χ4n) is 2.19. The predicted molar refractivity (Wildman–Crippen MR) is 91.9 cm³/mol. The molecule has 0 saturated heterocycles. The van der Waals surface area contributed by atoms with Crippen LogP contribution in [0.25, 0.3) is 10.9 Å². The molecule has 0 aliphatic heterocycles. The molecular formula is C17H15N3O3S. The Labute approximate surface area is 142 Å². The number of aromatic amines is 1. The van der Waals surface area contributed by atoms with E-state index in [9.17, 15) is 9.59 Å². The van der Waals surface area contributed by atoms with Crippen LogP contribution in [-0.2, 0) is 21.7 Å². The van der Waals surface area contributed by atoms with Crippen LogP contribution in [0.4, 0.5) is 0 Å². The SMILES string of the molecule is COC(=O)Cc1cc(=O)[nH]c(SCc2ccc3ccccc3n2)n1. The van der Waals surface area contributed by atoms with E-state index >= 15 is 0 Å². The van der Waals surface area contributed by atoms with Crippen LogP contribution in [0.2, 0.25) is 0 Å². The van der Waals surface area contributed by atoms with Crippen molar-refractivity contribution >= 4 is 28.6 Å². The molecule has 0 amide bonds. The van der Waals surface area contributed by atoms with Crippen molar-refractivity contribution in [2.75, 3.05) is 7.11 Å². The molecular weight excluding hydrogens is 326 g/mol. The molecule has 0 aliphatic carbocycles. The summed E-state index contributed by atoms with van der Waals surface area (Å²) in [6.45, 7) is 0. The molecule has 0 spiro atoms. The van der Waals surface area contributed by atoms with Gasteiger partial charge < -0.3 is 9.72 Å². The van der Waals surface area contributed by atoms with Crippen molar-refractivity contribution in [1.29, 1.82) is 0 Å². The lowest BCUT2D eigenvalue weighted by Gasteiger charge is -2.04. The van der Waals surface area contributed by atoms with Crippen molar-refractivity contribution in [3.63, 3.8) is 0 Å². The van der Waals surface area contributed by atoms with E-state index in [0.29, 0.717) is 16.6 Å². The average molecular weight is 341 g/mol. The molecule has 3 aromatic rings. The van der Waals surface area contributed by atoms with Gasteiger partial charge in [-0.05, 0) is 12.1 Å². The van der Waals surface area contributed by atoms with E-state index in [1.807, 2.05) is 36.4 Å². The third-order valence-corrected chi connectivity index (χ3v) is 4.25. The van der Waals surface area contributed by atoms with E-state index < -0.39 is 5.97 Å². The Morgan fingerprint density at radius 1 is 1.17 bits per heavy atom. The molecule has 1 N–H and O–H groups in total. The number of hydrogen-bond acceptors (Lipinski definition) is 6. The molecule has 2 heterocycles. The van der Waals surface area contributed by atoms with Crippen LogP contribution >= 0.6 is 11.8 Å². The van der Waals surface area contributed by atoms with Gasteiger partial charge in [0.1, 0.15) is 0 Å². The van der Waals surface area contributed by atoms with Gasteiger partial charge in [0.05, 0.1) is 30.4 Å². The Kier molecular flexibility index (Phi) is 4.90. The maximum absolute atomic E-state index is 11.7. The molecule has 0 radical (unpaired) electrons. The fourth-order valence-corrected chi connectivity index (χ4v) is 2.99. The summed E-state index contributed by atoms with van der Waals surface area (Å²) in [6.07, 6.45) is -0.0256. The number of H-pyrrole nitrogens is 1. The minimum Gasteiger partial charge on any atom is -0.469 e. The summed E-state index contributed by atoms with van der Waals surface area (Å²) >= 11 is 1.36. The third kappa shape index (κ3) is 3.99. The van der Waals surface area contributed by atoms with Gasteiger partial charge in [-0.2, -0.15) is 0 Å². The summed E-state index contributed by atoms with van der Waals surface area (Å²) in [7, 11) is 1.30. The molecule has 2 aromatic heterocycles. The van der Waals surface area contributed by atoms with Gasteiger partial charge in [0.15, 0.2) is 5.16 Å². The van der Waals surface area contributed by atoms with Gasteiger partial charge in [0.25, 0.3) is 5.56 Å². The number of pyridine rings is 1. The van der Waals surface area contributed by atoms with Gasteiger partial charge in [-0.25, -0.2) is 4.98 Å². The van der Waals surface area contributed by atoms with Gasteiger partial charge in [-0.1, -0.05) is 36.0 Å². The van der Waals surface area contributed by atoms with E-state index in [0.717, 1.165) is 16.6 Å². The van der Waals surface area contributed by atoms with E-state index in [1.54, 1.807) is 0 Å². The highest BCUT2D eigenvalue weighted by Crippen LogP contribution is 2.19. The normalized spacial score (nSPS) is 10.7. The molecule has 0 fully saturated rings. The zero-order valence-electron chi connectivity index (χ0n) is 13.0. The topological polar surface area (TPSA) is 84.9 Å². The number of para-hydroxylation sites is 1. The monoisotopic (exact) mass is 341 g/mol. The summed E-state index contributed by atoms with van der Waals surface area (Å²) in [5.74, 6) is 0.135.